The molecule has 3 nitrogen and oxygen atoms in total. The first-order valence-corrected chi connectivity index (χ1v) is 5.33. The molecular weight excluding hydrogens is 249 g/mol. The number of halogens is 2. The fraction of sp³-hybridized carbons (Fsp3) is 0.444. The van der Waals surface area contributed by atoms with E-state index in [1.54, 1.807) is 6.20 Å². The number of aromatic nitrogens is 1. The summed E-state index contributed by atoms with van der Waals surface area (Å²) in [5.41, 5.74) is 0. The van der Waals surface area contributed by atoms with Crippen LogP contribution in [0.2, 0.25) is 0 Å². The third kappa shape index (κ3) is 2.22. The highest BCUT2D eigenvalue weighted by atomic mass is 79.9. The van der Waals surface area contributed by atoms with Gasteiger partial charge in [0, 0.05) is 23.3 Å². The molecule has 1 aromatic heterocycles. The van der Waals surface area contributed by atoms with Gasteiger partial charge in [0.05, 0.1) is 0 Å². The number of anilines is 1. The van der Waals surface area contributed by atoms with Gasteiger partial charge in [-0.2, -0.15) is 0 Å². The molecule has 2 N–H and O–H groups in total. The molecule has 0 amide bonds. The van der Waals surface area contributed by atoms with Crippen LogP contribution in [0.4, 0.5) is 10.2 Å². The Hall–Kier alpha value is -0.680. The molecule has 0 aromatic carbocycles. The Kier molecular flexibility index (Phi) is 2.98. The molecule has 1 atom stereocenters. The van der Waals surface area contributed by atoms with Crippen LogP contribution in [-0.4, -0.2) is 24.1 Å². The minimum Gasteiger partial charge on any atom is -0.364 e. The van der Waals surface area contributed by atoms with Crippen LogP contribution in [0.25, 0.3) is 0 Å². The fourth-order valence-corrected chi connectivity index (χ4v) is 1.80. The molecular formula is C9H11BrFN3. The highest BCUT2D eigenvalue weighted by molar-refractivity contribution is 9.10. The topological polar surface area (TPSA) is 37.0 Å². The monoisotopic (exact) mass is 259 g/mol. The molecule has 14 heavy (non-hydrogen) atoms. The Balaban J connectivity index is 2.08. The number of nitrogens with one attached hydrogen (secondary N) is 2. The van der Waals surface area contributed by atoms with E-state index in [0.717, 1.165) is 19.5 Å². The van der Waals surface area contributed by atoms with Crippen LogP contribution in [0, 0.1) is 5.82 Å². The van der Waals surface area contributed by atoms with Crippen LogP contribution < -0.4 is 10.6 Å². The largest absolute Gasteiger partial charge is 0.364 e. The molecule has 0 spiro atoms. The van der Waals surface area contributed by atoms with Crippen LogP contribution in [-0.2, 0) is 0 Å². The third-order valence-corrected chi connectivity index (χ3v) is 2.64. The third-order valence-electron chi connectivity index (χ3n) is 2.21. The summed E-state index contributed by atoms with van der Waals surface area (Å²) >= 11 is 3.17. The predicted octanol–water partition coefficient (Wildman–Crippen LogP) is 1.76. The molecule has 2 heterocycles. The van der Waals surface area contributed by atoms with Crippen molar-refractivity contribution in [2.24, 2.45) is 0 Å². The zero-order valence-electron chi connectivity index (χ0n) is 7.56. The lowest BCUT2D eigenvalue weighted by atomic mass is 10.2. The molecule has 1 aliphatic heterocycles. The van der Waals surface area contributed by atoms with Gasteiger partial charge in [-0.15, -0.1) is 0 Å². The second kappa shape index (κ2) is 4.23. The average Bonchev–Trinajstić information content (AvgIpc) is 2.62. The van der Waals surface area contributed by atoms with Crippen LogP contribution in [0.1, 0.15) is 6.42 Å². The zero-order chi connectivity index (χ0) is 9.97. The van der Waals surface area contributed by atoms with Crippen molar-refractivity contribution in [3.05, 3.63) is 22.6 Å². The minimum absolute atomic E-state index is 0.290. The zero-order valence-corrected chi connectivity index (χ0v) is 9.14. The highest BCUT2D eigenvalue weighted by Crippen LogP contribution is 2.17. The van der Waals surface area contributed by atoms with E-state index in [2.05, 4.69) is 31.5 Å². The second-order valence-electron chi connectivity index (χ2n) is 3.32. The number of hydrogen-bond acceptors (Lipinski definition) is 3. The van der Waals surface area contributed by atoms with Crippen molar-refractivity contribution in [1.82, 2.24) is 10.3 Å². The summed E-state index contributed by atoms with van der Waals surface area (Å²) in [4.78, 5) is 3.98. The highest BCUT2D eigenvalue weighted by Gasteiger charge is 2.16. The van der Waals surface area contributed by atoms with Crippen LogP contribution in [0.5, 0.6) is 0 Å². The lowest BCUT2D eigenvalue weighted by molar-refractivity contribution is 0.618. The normalized spacial score (nSPS) is 21.1. The minimum atomic E-state index is -0.314. The summed E-state index contributed by atoms with van der Waals surface area (Å²) in [5, 5.41) is 6.27. The molecule has 1 fully saturated rings. The van der Waals surface area contributed by atoms with Gasteiger partial charge in [-0.1, -0.05) is 0 Å². The smallest absolute Gasteiger partial charge is 0.166 e. The van der Waals surface area contributed by atoms with Gasteiger partial charge in [0.2, 0.25) is 0 Å². The first-order chi connectivity index (χ1) is 6.75. The van der Waals surface area contributed by atoms with Crippen molar-refractivity contribution >= 4 is 21.7 Å². The summed E-state index contributed by atoms with van der Waals surface area (Å²) in [6.07, 6.45) is 2.60. The number of rotatable bonds is 2. The first-order valence-electron chi connectivity index (χ1n) is 4.54. The van der Waals surface area contributed by atoms with Gasteiger partial charge in [-0.05, 0) is 35.0 Å². The summed E-state index contributed by atoms with van der Waals surface area (Å²) in [5.74, 6) is 0.0215. The number of nitrogens with zero attached hydrogens (tertiary/aromatic N) is 1. The molecule has 76 valence electrons. The van der Waals surface area contributed by atoms with Gasteiger partial charge in [-0.25, -0.2) is 9.37 Å². The molecule has 1 aliphatic rings. The van der Waals surface area contributed by atoms with Crippen molar-refractivity contribution in [3.8, 4) is 0 Å². The van der Waals surface area contributed by atoms with Crippen LogP contribution >= 0.6 is 15.9 Å². The Morgan fingerprint density at radius 3 is 3.14 bits per heavy atom. The van der Waals surface area contributed by atoms with Gasteiger partial charge in [0.15, 0.2) is 11.6 Å². The maximum atomic E-state index is 13.3. The molecule has 0 radical (unpaired) electrons. The van der Waals surface area contributed by atoms with E-state index in [1.807, 2.05) is 0 Å². The van der Waals surface area contributed by atoms with Gasteiger partial charge < -0.3 is 10.6 Å². The standard InChI is InChI=1S/C9H11BrFN3/c10-6-3-8(11)9(13-4-6)14-7-1-2-12-5-7/h3-4,7,12H,1-2,5H2,(H,13,14). The fourth-order valence-electron chi connectivity index (χ4n) is 1.49. The number of hydrogen-bond donors (Lipinski definition) is 2. The Bertz CT molecular complexity index is 326. The van der Waals surface area contributed by atoms with Gasteiger partial charge in [0.1, 0.15) is 0 Å². The van der Waals surface area contributed by atoms with E-state index in [1.165, 1.54) is 6.07 Å². The van der Waals surface area contributed by atoms with Crippen molar-refractivity contribution < 1.29 is 4.39 Å². The van der Waals surface area contributed by atoms with Crippen LogP contribution in [0.3, 0.4) is 0 Å². The molecule has 1 saturated heterocycles. The molecule has 2 rings (SSSR count). The Morgan fingerprint density at radius 1 is 1.64 bits per heavy atom. The second-order valence-corrected chi connectivity index (χ2v) is 4.23. The summed E-state index contributed by atoms with van der Waals surface area (Å²) in [6.45, 7) is 1.85. The summed E-state index contributed by atoms with van der Waals surface area (Å²) in [7, 11) is 0. The van der Waals surface area contributed by atoms with Gasteiger partial charge in [-0.3, -0.25) is 0 Å². The Morgan fingerprint density at radius 2 is 2.50 bits per heavy atom. The number of pyridine rings is 1. The quantitative estimate of drug-likeness (QED) is 0.850. The van der Waals surface area contributed by atoms with Crippen molar-refractivity contribution in [2.45, 2.75) is 12.5 Å². The van der Waals surface area contributed by atoms with Gasteiger partial charge >= 0.3 is 0 Å². The SMILES string of the molecule is Fc1cc(Br)cnc1NC1CCNC1. The van der Waals surface area contributed by atoms with Crippen molar-refractivity contribution in [3.63, 3.8) is 0 Å². The Labute approximate surface area is 90.2 Å². The van der Waals surface area contributed by atoms with E-state index >= 15 is 0 Å². The van der Waals surface area contributed by atoms with E-state index in [4.69, 9.17) is 0 Å². The van der Waals surface area contributed by atoms with E-state index in [-0.39, 0.29) is 11.9 Å². The van der Waals surface area contributed by atoms with Crippen molar-refractivity contribution in [2.75, 3.05) is 18.4 Å². The van der Waals surface area contributed by atoms with Crippen LogP contribution in [0.15, 0.2) is 16.7 Å². The maximum absolute atomic E-state index is 13.3. The molecule has 5 heteroatoms. The summed E-state index contributed by atoms with van der Waals surface area (Å²) in [6, 6.07) is 1.70. The van der Waals surface area contributed by atoms with E-state index in [9.17, 15) is 4.39 Å². The van der Waals surface area contributed by atoms with E-state index < -0.39 is 0 Å². The first kappa shape index (κ1) is 9.86. The summed E-state index contributed by atoms with van der Waals surface area (Å²) < 4.78 is 14.0. The lowest BCUT2D eigenvalue weighted by Crippen LogP contribution is -2.23. The molecule has 1 unspecified atom stereocenters. The lowest BCUT2D eigenvalue weighted by Gasteiger charge is -2.12. The van der Waals surface area contributed by atoms with Crippen molar-refractivity contribution in [1.29, 1.82) is 0 Å². The predicted molar refractivity (Wildman–Crippen MR) is 56.8 cm³/mol. The van der Waals surface area contributed by atoms with Gasteiger partial charge in [0.25, 0.3) is 0 Å². The van der Waals surface area contributed by atoms with E-state index in [0.29, 0.717) is 10.3 Å². The molecule has 1 aromatic rings. The average molecular weight is 260 g/mol. The maximum Gasteiger partial charge on any atom is 0.166 e. The molecule has 0 aliphatic carbocycles. The molecule has 0 saturated carbocycles. The molecule has 0 bridgehead atoms.